The predicted molar refractivity (Wildman–Crippen MR) is 322 cm³/mol. The highest BCUT2D eigenvalue weighted by Crippen LogP contribution is 2.32. The zero-order valence-electron chi connectivity index (χ0n) is 52.0. The second-order valence-corrected chi connectivity index (χ2v) is 24.2. The van der Waals surface area contributed by atoms with Gasteiger partial charge < -0.3 is 56.3 Å². The van der Waals surface area contributed by atoms with Gasteiger partial charge in [0, 0.05) is 83.2 Å². The average Bonchev–Trinajstić information content (AvgIpc) is 2.71. The number of aromatic nitrogens is 3. The molecule has 0 spiro atoms. The molecule has 0 bridgehead atoms. The van der Waals surface area contributed by atoms with Crippen LogP contribution in [-0.2, 0) is 77.7 Å². The first-order valence-electron chi connectivity index (χ1n) is 30.3. The number of rotatable bonds is 35. The molecule has 1 aromatic heterocycles. The lowest BCUT2D eigenvalue weighted by molar-refractivity contribution is -0.141. The minimum atomic E-state index is -1.11. The van der Waals surface area contributed by atoms with Gasteiger partial charge in [-0.15, -0.1) is 5.10 Å². The average molecular weight is 1200 g/mol. The maximum absolute atomic E-state index is 14.0. The lowest BCUT2D eigenvalue weighted by Crippen LogP contribution is -2.54. The van der Waals surface area contributed by atoms with Gasteiger partial charge in [-0.1, -0.05) is 68.4 Å². The van der Waals surface area contributed by atoms with E-state index in [1.54, 1.807) is 47.9 Å². The summed E-state index contributed by atoms with van der Waals surface area (Å²) in [6.45, 7) is 14.9. The number of nitrogens with two attached hydrogens (primary N) is 1. The van der Waals surface area contributed by atoms with Crippen LogP contribution in [0.25, 0.3) is 0 Å². The molecule has 3 aromatic rings. The lowest BCUT2D eigenvalue weighted by atomic mass is 9.81. The van der Waals surface area contributed by atoms with Gasteiger partial charge >= 0.3 is 6.09 Å². The Bertz CT molecular complexity index is 2710. The number of imide groups is 1. The van der Waals surface area contributed by atoms with Gasteiger partial charge in [-0.3, -0.25) is 43.3 Å². The standard InChI is InChI=1S/C62H94N12O12/c1-10-46-35-54(77)73(59(46)82)37-44-19-23-47(24-20-44)55(78)65-36-49-38-74(70-69-49)61(4,5)28-33-86-62(6,7)27-30-64-52(75)40-84-41-53(76)67-51(34-43-16-12-11-13-17-43)57(80)68-50(18-14-15-29-63)56(79)66-48-25-21-45(22-26-48)39-85-60(83)72(9)32-31-71(8)58(81)42(2)3/h11-13,16-17,21-22,25-26,38,42,44,46-47,50-51H,10,14-15,18-20,23-24,27-37,39-41,63H2,1-9H3,(H,64,75)(H,65,78)(H,66,79)(H,67,76)(H,68,80)/t44?,46?,47?,50-,51-/m0/s1. The molecule has 2 aliphatic rings. The second kappa shape index (κ2) is 34.1. The van der Waals surface area contributed by atoms with Gasteiger partial charge in [0.05, 0.1) is 23.9 Å². The molecule has 86 heavy (non-hydrogen) atoms. The molecule has 1 aliphatic heterocycles. The van der Waals surface area contributed by atoms with Crippen molar-refractivity contribution in [3.63, 3.8) is 0 Å². The Morgan fingerprint density at radius 3 is 2.15 bits per heavy atom. The number of nitrogens with one attached hydrogen (secondary N) is 5. The van der Waals surface area contributed by atoms with Crippen molar-refractivity contribution in [2.24, 2.45) is 29.4 Å². The second-order valence-electron chi connectivity index (χ2n) is 24.2. The number of hydrogen-bond donors (Lipinski definition) is 6. The van der Waals surface area contributed by atoms with Crippen molar-refractivity contribution in [3.05, 3.63) is 77.6 Å². The number of likely N-dealkylation sites (tertiary alicyclic amines) is 1. The number of anilines is 1. The van der Waals surface area contributed by atoms with Gasteiger partial charge in [0.25, 0.3) is 0 Å². The summed E-state index contributed by atoms with van der Waals surface area (Å²) in [5, 5.41) is 22.9. The summed E-state index contributed by atoms with van der Waals surface area (Å²) >= 11 is 0. The topological polar surface area (TPSA) is 308 Å². The largest absolute Gasteiger partial charge is 0.445 e. The fraction of sp³-hybridized carbons (Fsp3) is 0.629. The Morgan fingerprint density at radius 2 is 1.49 bits per heavy atom. The molecule has 1 saturated carbocycles. The third kappa shape index (κ3) is 22.8. The number of carbonyl (C=O) groups excluding carboxylic acids is 9. The zero-order valence-corrected chi connectivity index (χ0v) is 52.0. The molecule has 9 amide bonds. The van der Waals surface area contributed by atoms with Crippen molar-refractivity contribution in [2.45, 2.75) is 162 Å². The quantitative estimate of drug-likeness (QED) is 0.0347. The summed E-state index contributed by atoms with van der Waals surface area (Å²) in [4.78, 5) is 121. The van der Waals surface area contributed by atoms with Crippen LogP contribution in [-0.4, -0.2) is 167 Å². The van der Waals surface area contributed by atoms with Crippen LogP contribution >= 0.6 is 0 Å². The molecule has 474 valence electrons. The van der Waals surface area contributed by atoms with Crippen molar-refractivity contribution >= 4 is 59.0 Å². The zero-order chi connectivity index (χ0) is 63.0. The smallest absolute Gasteiger partial charge is 0.409 e. The Morgan fingerprint density at radius 1 is 0.802 bits per heavy atom. The van der Waals surface area contributed by atoms with Gasteiger partial charge in [-0.05, 0) is 128 Å². The highest BCUT2D eigenvalue weighted by atomic mass is 16.6. The van der Waals surface area contributed by atoms with E-state index < -0.39 is 66.2 Å². The first kappa shape index (κ1) is 69.5. The molecule has 24 heteroatoms. The molecule has 0 radical (unpaired) electrons. The molecular formula is C62H94N12O12. The molecule has 7 N–H and O–H groups in total. The number of likely N-dealkylation sites (N-methyl/N-ethyl adjacent to an activating group) is 2. The van der Waals surface area contributed by atoms with Crippen LogP contribution in [0.1, 0.15) is 136 Å². The number of carbonyl (C=O) groups is 9. The van der Waals surface area contributed by atoms with Crippen LogP contribution in [0.3, 0.4) is 0 Å². The molecule has 3 atom stereocenters. The minimum Gasteiger partial charge on any atom is -0.445 e. The Balaban J connectivity index is 1.00. The Kier molecular flexibility index (Phi) is 27.6. The SMILES string of the molecule is CCC1CC(=O)N(CC2CCC(C(=O)NCc3cn(C(C)(C)CCOC(C)(C)CCNC(=O)COCC(=O)N[C@@H](Cc4ccccc4)C(=O)N[C@@H](CCCCN)C(=O)Nc4ccc(COC(=O)N(C)CCN(C)C(=O)C(C)C)cc4)nn3)CC2)C1=O. The molecule has 24 nitrogen and oxygen atoms in total. The van der Waals surface area contributed by atoms with E-state index in [1.807, 2.05) is 85.0 Å². The summed E-state index contributed by atoms with van der Waals surface area (Å²) in [5.41, 5.74) is 7.17. The van der Waals surface area contributed by atoms with Gasteiger partial charge in [-0.2, -0.15) is 0 Å². The summed E-state index contributed by atoms with van der Waals surface area (Å²) in [7, 11) is 3.28. The van der Waals surface area contributed by atoms with E-state index in [2.05, 4.69) is 36.9 Å². The van der Waals surface area contributed by atoms with Crippen LogP contribution < -0.4 is 32.3 Å². The molecular weight excluding hydrogens is 1100 g/mol. The number of nitrogens with zero attached hydrogens (tertiary/aromatic N) is 6. The highest BCUT2D eigenvalue weighted by molar-refractivity contribution is 6.03. The third-order valence-corrected chi connectivity index (χ3v) is 15.9. The van der Waals surface area contributed by atoms with E-state index in [1.165, 1.54) is 9.80 Å². The van der Waals surface area contributed by atoms with Crippen LogP contribution in [0.5, 0.6) is 0 Å². The first-order valence-corrected chi connectivity index (χ1v) is 30.3. The number of benzene rings is 2. The fourth-order valence-electron chi connectivity index (χ4n) is 10.1. The highest BCUT2D eigenvalue weighted by Gasteiger charge is 2.39. The van der Waals surface area contributed by atoms with Crippen molar-refractivity contribution < 1.29 is 57.4 Å². The molecule has 5 rings (SSSR count). The van der Waals surface area contributed by atoms with Gasteiger partial charge in [0.1, 0.15) is 37.6 Å². The molecule has 2 aromatic carbocycles. The maximum Gasteiger partial charge on any atom is 0.409 e. The molecule has 1 unspecified atom stereocenters. The predicted octanol–water partition coefficient (Wildman–Crippen LogP) is 4.59. The van der Waals surface area contributed by atoms with E-state index >= 15 is 0 Å². The number of ether oxygens (including phenoxy) is 3. The minimum absolute atomic E-state index is 0.0199. The van der Waals surface area contributed by atoms with Crippen LogP contribution in [0.4, 0.5) is 10.5 Å². The molecule has 2 fully saturated rings. The number of unbranched alkanes of at least 4 members (excludes halogenated alkanes) is 1. The fourth-order valence-corrected chi connectivity index (χ4v) is 10.1. The van der Waals surface area contributed by atoms with E-state index in [0.717, 1.165) is 18.4 Å². The monoisotopic (exact) mass is 1200 g/mol. The van der Waals surface area contributed by atoms with E-state index in [4.69, 9.17) is 19.9 Å². The Labute approximate surface area is 506 Å². The summed E-state index contributed by atoms with van der Waals surface area (Å²) in [6, 6.07) is 13.7. The van der Waals surface area contributed by atoms with Crippen molar-refractivity contribution in [1.82, 2.24) is 51.0 Å². The molecule has 1 aliphatic carbocycles. The van der Waals surface area contributed by atoms with Gasteiger partial charge in [0.2, 0.25) is 47.3 Å². The van der Waals surface area contributed by atoms with Crippen LogP contribution in [0.15, 0.2) is 60.8 Å². The van der Waals surface area contributed by atoms with E-state index in [0.29, 0.717) is 101 Å². The third-order valence-electron chi connectivity index (χ3n) is 15.9. The Hall–Kier alpha value is -7.31. The molecule has 1 saturated heterocycles. The van der Waals surface area contributed by atoms with Crippen LogP contribution in [0, 0.1) is 23.7 Å². The number of hydrogen-bond acceptors (Lipinski definition) is 15. The lowest BCUT2D eigenvalue weighted by Gasteiger charge is -2.30. The molecule has 2 heterocycles. The van der Waals surface area contributed by atoms with Crippen molar-refractivity contribution in [1.29, 1.82) is 0 Å². The van der Waals surface area contributed by atoms with Crippen molar-refractivity contribution in [2.75, 3.05) is 72.0 Å². The van der Waals surface area contributed by atoms with Crippen molar-refractivity contribution in [3.8, 4) is 0 Å². The van der Waals surface area contributed by atoms with Gasteiger partial charge in [0.15, 0.2) is 0 Å². The number of amides is 9. The van der Waals surface area contributed by atoms with Gasteiger partial charge in [-0.25, -0.2) is 9.48 Å². The summed E-state index contributed by atoms with van der Waals surface area (Å²) in [6.07, 6.45) is 7.77. The van der Waals surface area contributed by atoms with Crippen LogP contribution in [0.2, 0.25) is 0 Å². The maximum atomic E-state index is 14.0. The summed E-state index contributed by atoms with van der Waals surface area (Å²) in [5.74, 6) is -2.67. The summed E-state index contributed by atoms with van der Waals surface area (Å²) < 4.78 is 19.0. The van der Waals surface area contributed by atoms with E-state index in [-0.39, 0.29) is 79.8 Å². The van der Waals surface area contributed by atoms with E-state index in [9.17, 15) is 43.2 Å². The first-order chi connectivity index (χ1) is 40.9. The normalized spacial score (nSPS) is 16.9.